The van der Waals surface area contributed by atoms with E-state index in [-0.39, 0.29) is 5.91 Å². The summed E-state index contributed by atoms with van der Waals surface area (Å²) in [6, 6.07) is 10.3. The van der Waals surface area contributed by atoms with Crippen molar-refractivity contribution in [3.63, 3.8) is 0 Å². The van der Waals surface area contributed by atoms with Crippen molar-refractivity contribution in [2.45, 2.75) is 0 Å². The van der Waals surface area contributed by atoms with Gasteiger partial charge in [-0.1, -0.05) is 6.07 Å². The van der Waals surface area contributed by atoms with Gasteiger partial charge in [0.2, 0.25) is 5.91 Å². The van der Waals surface area contributed by atoms with E-state index in [1.165, 1.54) is 0 Å². The molecule has 1 aliphatic heterocycles. The van der Waals surface area contributed by atoms with Gasteiger partial charge in [0, 0.05) is 29.2 Å². The van der Waals surface area contributed by atoms with Gasteiger partial charge in [-0.2, -0.15) is 0 Å². The van der Waals surface area contributed by atoms with Gasteiger partial charge in [0.05, 0.1) is 5.57 Å². The van der Waals surface area contributed by atoms with Gasteiger partial charge in [0.1, 0.15) is 5.82 Å². The smallest absolute Gasteiger partial charge is 0.259 e. The molecular formula is C15H12N4O2. The van der Waals surface area contributed by atoms with Crippen LogP contribution < -0.4 is 16.4 Å². The van der Waals surface area contributed by atoms with E-state index in [0.717, 1.165) is 5.56 Å². The van der Waals surface area contributed by atoms with Crippen molar-refractivity contribution >= 4 is 28.9 Å². The molecule has 2 amide bonds. The highest BCUT2D eigenvalue weighted by Gasteiger charge is 2.24. The molecule has 4 N–H and O–H groups in total. The number of fused-ring (bicyclic) bond motifs is 1. The molecule has 0 radical (unpaired) electrons. The Hall–Kier alpha value is -3.15. The molecule has 0 atom stereocenters. The van der Waals surface area contributed by atoms with Crippen LogP contribution in [0.15, 0.2) is 48.8 Å². The van der Waals surface area contributed by atoms with Gasteiger partial charge in [-0.25, -0.2) is 4.98 Å². The summed E-state index contributed by atoms with van der Waals surface area (Å²) in [6.45, 7) is 0. The van der Waals surface area contributed by atoms with E-state index >= 15 is 0 Å². The molecular weight excluding hydrogens is 268 g/mol. The number of carbonyl (C=O) groups excluding carboxylic acids is 2. The summed E-state index contributed by atoms with van der Waals surface area (Å²) in [7, 11) is 0. The van der Waals surface area contributed by atoms with E-state index in [1.807, 2.05) is 6.07 Å². The first-order chi connectivity index (χ1) is 10.1. The van der Waals surface area contributed by atoms with Gasteiger partial charge in [-0.15, -0.1) is 0 Å². The van der Waals surface area contributed by atoms with E-state index in [9.17, 15) is 9.59 Å². The fourth-order valence-corrected chi connectivity index (χ4v) is 2.08. The van der Waals surface area contributed by atoms with Crippen molar-refractivity contribution in [2.75, 3.05) is 10.6 Å². The summed E-state index contributed by atoms with van der Waals surface area (Å²) in [4.78, 5) is 27.1. The first-order valence-corrected chi connectivity index (χ1v) is 6.28. The predicted molar refractivity (Wildman–Crippen MR) is 79.4 cm³/mol. The Morgan fingerprint density at radius 3 is 2.95 bits per heavy atom. The molecule has 0 saturated heterocycles. The molecule has 0 aliphatic carbocycles. The molecule has 3 rings (SSSR count). The van der Waals surface area contributed by atoms with Gasteiger partial charge in [0.25, 0.3) is 5.91 Å². The normalized spacial score (nSPS) is 14.7. The number of benzene rings is 1. The fourth-order valence-electron chi connectivity index (χ4n) is 2.08. The van der Waals surface area contributed by atoms with Gasteiger partial charge < -0.3 is 16.4 Å². The number of nitrogens with one attached hydrogen (secondary N) is 2. The summed E-state index contributed by atoms with van der Waals surface area (Å²) in [5.41, 5.74) is 7.53. The number of primary amides is 1. The summed E-state index contributed by atoms with van der Waals surface area (Å²) in [5, 5.41) is 5.68. The number of hydrogen-bond donors (Lipinski definition) is 3. The van der Waals surface area contributed by atoms with Gasteiger partial charge in [-0.05, 0) is 30.3 Å². The van der Waals surface area contributed by atoms with Crippen molar-refractivity contribution in [3.8, 4) is 0 Å². The van der Waals surface area contributed by atoms with Crippen LogP contribution in [0, 0.1) is 0 Å². The third-order valence-corrected chi connectivity index (χ3v) is 3.10. The Balaban J connectivity index is 1.88. The topological polar surface area (TPSA) is 97.1 Å². The van der Waals surface area contributed by atoms with Crippen molar-refractivity contribution in [2.24, 2.45) is 5.73 Å². The number of anilines is 2. The van der Waals surface area contributed by atoms with Crippen molar-refractivity contribution in [3.05, 3.63) is 59.9 Å². The molecule has 0 unspecified atom stereocenters. The SMILES string of the molecule is NC(=O)c1cccc(N/C=C2\C(=O)Nc3ncccc32)c1. The molecule has 6 nitrogen and oxygen atoms in total. The Morgan fingerprint density at radius 2 is 2.14 bits per heavy atom. The van der Waals surface area contributed by atoms with E-state index in [0.29, 0.717) is 22.6 Å². The molecule has 2 heterocycles. The number of nitrogens with zero attached hydrogens (tertiary/aromatic N) is 1. The summed E-state index contributed by atoms with van der Waals surface area (Å²) in [6.07, 6.45) is 3.20. The number of carbonyl (C=O) groups is 2. The Kier molecular flexibility index (Phi) is 3.12. The zero-order valence-corrected chi connectivity index (χ0v) is 11.0. The lowest BCUT2D eigenvalue weighted by Crippen LogP contribution is -2.11. The van der Waals surface area contributed by atoms with Crippen LogP contribution in [0.4, 0.5) is 11.5 Å². The number of aromatic nitrogens is 1. The maximum atomic E-state index is 11.9. The van der Waals surface area contributed by atoms with Crippen LogP contribution in [-0.2, 0) is 4.79 Å². The number of nitrogens with two attached hydrogens (primary N) is 1. The van der Waals surface area contributed by atoms with Crippen molar-refractivity contribution in [1.29, 1.82) is 0 Å². The molecule has 21 heavy (non-hydrogen) atoms. The molecule has 1 aliphatic rings. The quantitative estimate of drug-likeness (QED) is 0.744. The number of hydrogen-bond acceptors (Lipinski definition) is 4. The second kappa shape index (κ2) is 5.09. The van der Waals surface area contributed by atoms with Crippen molar-refractivity contribution < 1.29 is 9.59 Å². The third kappa shape index (κ3) is 2.46. The molecule has 1 aromatic heterocycles. The van der Waals surface area contributed by atoms with E-state index in [4.69, 9.17) is 5.73 Å². The van der Waals surface area contributed by atoms with E-state index in [1.54, 1.807) is 42.7 Å². The van der Waals surface area contributed by atoms with Crippen molar-refractivity contribution in [1.82, 2.24) is 4.98 Å². The Bertz CT molecular complexity index is 768. The predicted octanol–water partition coefficient (Wildman–Crippen LogP) is 1.59. The minimum absolute atomic E-state index is 0.220. The van der Waals surface area contributed by atoms with Gasteiger partial charge in [-0.3, -0.25) is 9.59 Å². The zero-order valence-electron chi connectivity index (χ0n) is 11.0. The second-order valence-electron chi connectivity index (χ2n) is 4.50. The Morgan fingerprint density at radius 1 is 1.29 bits per heavy atom. The summed E-state index contributed by atoms with van der Waals surface area (Å²) < 4.78 is 0. The molecule has 0 saturated carbocycles. The largest absolute Gasteiger partial charge is 0.366 e. The lowest BCUT2D eigenvalue weighted by atomic mass is 10.1. The standard InChI is InChI=1S/C15H12N4O2/c16-13(20)9-3-1-4-10(7-9)18-8-12-11-5-2-6-17-14(11)19-15(12)21/h1-8,18H,(H2,16,20)(H,17,19,21)/b12-8-. The van der Waals surface area contributed by atoms with Crippen LogP contribution in [-0.4, -0.2) is 16.8 Å². The summed E-state index contributed by atoms with van der Waals surface area (Å²) in [5.74, 6) is -0.178. The number of rotatable bonds is 3. The molecule has 1 aromatic carbocycles. The van der Waals surface area contributed by atoms with Crippen LogP contribution in [0.5, 0.6) is 0 Å². The highest BCUT2D eigenvalue weighted by molar-refractivity contribution is 6.31. The molecule has 0 spiro atoms. The van der Waals surface area contributed by atoms with Crippen LogP contribution in [0.1, 0.15) is 15.9 Å². The van der Waals surface area contributed by atoms with Crippen LogP contribution in [0.2, 0.25) is 0 Å². The highest BCUT2D eigenvalue weighted by Crippen LogP contribution is 2.29. The van der Waals surface area contributed by atoms with Crippen LogP contribution >= 0.6 is 0 Å². The van der Waals surface area contributed by atoms with E-state index in [2.05, 4.69) is 15.6 Å². The van der Waals surface area contributed by atoms with Crippen LogP contribution in [0.3, 0.4) is 0 Å². The van der Waals surface area contributed by atoms with Crippen LogP contribution in [0.25, 0.3) is 5.57 Å². The fraction of sp³-hybridized carbons (Fsp3) is 0. The highest BCUT2D eigenvalue weighted by atomic mass is 16.2. The van der Waals surface area contributed by atoms with Gasteiger partial charge >= 0.3 is 0 Å². The molecule has 2 aromatic rings. The average Bonchev–Trinajstić information content (AvgIpc) is 2.81. The summed E-state index contributed by atoms with van der Waals surface area (Å²) >= 11 is 0. The number of amides is 2. The molecule has 0 fully saturated rings. The van der Waals surface area contributed by atoms with E-state index < -0.39 is 5.91 Å². The second-order valence-corrected chi connectivity index (χ2v) is 4.50. The minimum atomic E-state index is -0.501. The third-order valence-electron chi connectivity index (χ3n) is 3.10. The first kappa shape index (κ1) is 12.9. The maximum absolute atomic E-state index is 11.9. The number of pyridine rings is 1. The Labute approximate surface area is 120 Å². The lowest BCUT2D eigenvalue weighted by molar-refractivity contribution is -0.110. The molecule has 104 valence electrons. The average molecular weight is 280 g/mol. The zero-order chi connectivity index (χ0) is 14.8. The lowest BCUT2D eigenvalue weighted by Gasteiger charge is -2.04. The molecule has 6 heteroatoms. The maximum Gasteiger partial charge on any atom is 0.259 e. The first-order valence-electron chi connectivity index (χ1n) is 6.28. The minimum Gasteiger partial charge on any atom is -0.366 e. The van der Waals surface area contributed by atoms with Gasteiger partial charge in [0.15, 0.2) is 0 Å². The molecule has 0 bridgehead atoms. The monoisotopic (exact) mass is 280 g/mol.